The fourth-order valence-corrected chi connectivity index (χ4v) is 2.76. The van der Waals surface area contributed by atoms with Gasteiger partial charge in [0.2, 0.25) is 0 Å². The van der Waals surface area contributed by atoms with Crippen LogP contribution in [-0.2, 0) is 6.54 Å². The van der Waals surface area contributed by atoms with Crippen molar-refractivity contribution in [3.8, 4) is 0 Å². The predicted molar refractivity (Wildman–Crippen MR) is 76.1 cm³/mol. The molecule has 1 fully saturated rings. The summed E-state index contributed by atoms with van der Waals surface area (Å²) in [6, 6.07) is 5.96. The first-order valence-corrected chi connectivity index (χ1v) is 6.23. The van der Waals surface area contributed by atoms with Crippen molar-refractivity contribution in [1.29, 1.82) is 0 Å². The standard InChI is InChI=1S/C12H16Cl2N2.ClH/c1-8-5-16(7-12(8)15)6-9-2-10(13)4-11(14)3-9;/h2-4,8,12H,5-7,15H2,1H3;1H. The summed E-state index contributed by atoms with van der Waals surface area (Å²) in [6.07, 6.45) is 0. The van der Waals surface area contributed by atoms with Gasteiger partial charge in [-0.3, -0.25) is 4.90 Å². The minimum atomic E-state index is 0. The zero-order valence-corrected chi connectivity index (χ0v) is 12.0. The first kappa shape index (κ1) is 15.1. The molecule has 2 unspecified atom stereocenters. The lowest BCUT2D eigenvalue weighted by molar-refractivity contribution is 0.319. The Bertz CT molecular complexity index is 354. The van der Waals surface area contributed by atoms with Gasteiger partial charge < -0.3 is 5.73 Å². The van der Waals surface area contributed by atoms with Crippen LogP contribution in [0.2, 0.25) is 10.0 Å². The van der Waals surface area contributed by atoms with Gasteiger partial charge >= 0.3 is 0 Å². The molecule has 2 atom stereocenters. The third-order valence-electron chi connectivity index (χ3n) is 3.07. The highest BCUT2D eigenvalue weighted by atomic mass is 35.5. The maximum Gasteiger partial charge on any atom is 0.0424 e. The molecule has 96 valence electrons. The van der Waals surface area contributed by atoms with E-state index < -0.39 is 0 Å². The molecule has 17 heavy (non-hydrogen) atoms. The summed E-state index contributed by atoms with van der Waals surface area (Å²) in [4.78, 5) is 2.34. The van der Waals surface area contributed by atoms with Gasteiger partial charge in [-0.2, -0.15) is 0 Å². The van der Waals surface area contributed by atoms with Gasteiger partial charge in [-0.05, 0) is 29.7 Å². The molecule has 1 aromatic rings. The van der Waals surface area contributed by atoms with Crippen molar-refractivity contribution in [2.75, 3.05) is 13.1 Å². The van der Waals surface area contributed by atoms with E-state index in [0.29, 0.717) is 16.0 Å². The molecule has 2 nitrogen and oxygen atoms in total. The Balaban J connectivity index is 0.00000144. The number of hydrogen-bond acceptors (Lipinski definition) is 2. The van der Waals surface area contributed by atoms with Crippen LogP contribution in [0.1, 0.15) is 12.5 Å². The molecule has 0 saturated carbocycles. The average molecular weight is 296 g/mol. The summed E-state index contributed by atoms with van der Waals surface area (Å²) in [5, 5.41) is 1.39. The molecule has 0 bridgehead atoms. The molecule has 2 rings (SSSR count). The van der Waals surface area contributed by atoms with Gasteiger partial charge in [0.1, 0.15) is 0 Å². The van der Waals surface area contributed by atoms with Crippen LogP contribution in [-0.4, -0.2) is 24.0 Å². The SMILES string of the molecule is CC1CN(Cc2cc(Cl)cc(Cl)c2)CC1N.Cl. The number of likely N-dealkylation sites (tertiary alicyclic amines) is 1. The van der Waals surface area contributed by atoms with E-state index >= 15 is 0 Å². The summed E-state index contributed by atoms with van der Waals surface area (Å²) in [5.74, 6) is 0.564. The Kier molecular flexibility index (Phi) is 5.55. The first-order valence-electron chi connectivity index (χ1n) is 5.47. The van der Waals surface area contributed by atoms with Crippen LogP contribution >= 0.6 is 35.6 Å². The molecule has 0 spiro atoms. The van der Waals surface area contributed by atoms with Crippen molar-refractivity contribution >= 4 is 35.6 Å². The summed E-state index contributed by atoms with van der Waals surface area (Å²) in [7, 11) is 0. The van der Waals surface area contributed by atoms with Crippen LogP contribution in [0.4, 0.5) is 0 Å². The minimum absolute atomic E-state index is 0. The van der Waals surface area contributed by atoms with E-state index in [1.807, 2.05) is 12.1 Å². The Morgan fingerprint density at radius 2 is 1.82 bits per heavy atom. The highest BCUT2D eigenvalue weighted by Gasteiger charge is 2.26. The third kappa shape index (κ3) is 4.01. The maximum absolute atomic E-state index is 5.99. The lowest BCUT2D eigenvalue weighted by Gasteiger charge is -2.15. The Labute approximate surface area is 118 Å². The normalized spacial score (nSPS) is 24.7. The third-order valence-corrected chi connectivity index (χ3v) is 3.51. The minimum Gasteiger partial charge on any atom is -0.326 e. The average Bonchev–Trinajstić information content (AvgIpc) is 2.43. The fourth-order valence-electron chi connectivity index (χ4n) is 2.18. The molecule has 1 aliphatic heterocycles. The van der Waals surface area contributed by atoms with E-state index in [9.17, 15) is 0 Å². The lowest BCUT2D eigenvalue weighted by atomic mass is 10.1. The number of rotatable bonds is 2. The summed E-state index contributed by atoms with van der Waals surface area (Å²) >= 11 is 11.9. The zero-order chi connectivity index (χ0) is 11.7. The van der Waals surface area contributed by atoms with Crippen LogP contribution in [0.15, 0.2) is 18.2 Å². The van der Waals surface area contributed by atoms with E-state index in [-0.39, 0.29) is 18.4 Å². The van der Waals surface area contributed by atoms with E-state index in [1.165, 1.54) is 0 Å². The molecule has 0 radical (unpaired) electrons. The molecule has 5 heteroatoms. The molecule has 2 N–H and O–H groups in total. The topological polar surface area (TPSA) is 29.3 Å². The molecule has 1 saturated heterocycles. The molecule has 0 aromatic heterocycles. The number of hydrogen-bond donors (Lipinski definition) is 1. The number of nitrogens with zero attached hydrogens (tertiary/aromatic N) is 1. The van der Waals surface area contributed by atoms with Crippen molar-refractivity contribution in [3.63, 3.8) is 0 Å². The van der Waals surface area contributed by atoms with Crippen molar-refractivity contribution < 1.29 is 0 Å². The quantitative estimate of drug-likeness (QED) is 0.908. The second-order valence-corrected chi connectivity index (χ2v) is 5.49. The highest BCUT2D eigenvalue weighted by molar-refractivity contribution is 6.34. The van der Waals surface area contributed by atoms with Gasteiger partial charge in [0.25, 0.3) is 0 Å². The molecular weight excluding hydrogens is 279 g/mol. The van der Waals surface area contributed by atoms with Crippen LogP contribution < -0.4 is 5.73 Å². The summed E-state index contributed by atoms with van der Waals surface area (Å²) < 4.78 is 0. The molecular formula is C12H17Cl3N2. The van der Waals surface area contributed by atoms with E-state index in [4.69, 9.17) is 28.9 Å². The largest absolute Gasteiger partial charge is 0.326 e. The molecule has 1 aromatic carbocycles. The summed E-state index contributed by atoms with van der Waals surface area (Å²) in [6.45, 7) is 5.06. The first-order chi connectivity index (χ1) is 7.54. The Morgan fingerprint density at radius 1 is 1.24 bits per heavy atom. The Morgan fingerprint density at radius 3 is 2.29 bits per heavy atom. The van der Waals surface area contributed by atoms with Crippen molar-refractivity contribution in [2.45, 2.75) is 19.5 Å². The number of halogens is 3. The van der Waals surface area contributed by atoms with Crippen LogP contribution in [0.25, 0.3) is 0 Å². The molecule has 1 heterocycles. The van der Waals surface area contributed by atoms with Crippen LogP contribution in [0.5, 0.6) is 0 Å². The Hall–Kier alpha value is 0.01000. The number of nitrogens with two attached hydrogens (primary N) is 1. The highest BCUT2D eigenvalue weighted by Crippen LogP contribution is 2.22. The lowest BCUT2D eigenvalue weighted by Crippen LogP contribution is -2.28. The second kappa shape index (κ2) is 6.26. The van der Waals surface area contributed by atoms with Gasteiger partial charge in [0.15, 0.2) is 0 Å². The van der Waals surface area contributed by atoms with E-state index in [0.717, 1.165) is 25.2 Å². The van der Waals surface area contributed by atoms with Crippen LogP contribution in [0.3, 0.4) is 0 Å². The fraction of sp³-hybridized carbons (Fsp3) is 0.500. The predicted octanol–water partition coefficient (Wildman–Crippen LogP) is 3.19. The zero-order valence-electron chi connectivity index (χ0n) is 9.70. The molecule has 0 aliphatic carbocycles. The van der Waals surface area contributed by atoms with Gasteiger partial charge in [0, 0.05) is 35.7 Å². The van der Waals surface area contributed by atoms with Crippen LogP contribution in [0, 0.1) is 5.92 Å². The molecule has 0 amide bonds. The van der Waals surface area contributed by atoms with Crippen molar-refractivity contribution in [2.24, 2.45) is 11.7 Å². The van der Waals surface area contributed by atoms with Gasteiger partial charge in [-0.1, -0.05) is 30.1 Å². The second-order valence-electron chi connectivity index (χ2n) is 4.61. The number of benzene rings is 1. The van der Waals surface area contributed by atoms with E-state index in [1.54, 1.807) is 6.07 Å². The molecule has 1 aliphatic rings. The monoisotopic (exact) mass is 294 g/mol. The maximum atomic E-state index is 5.99. The summed E-state index contributed by atoms with van der Waals surface area (Å²) in [5.41, 5.74) is 7.14. The van der Waals surface area contributed by atoms with Crippen molar-refractivity contribution in [1.82, 2.24) is 4.90 Å². The van der Waals surface area contributed by atoms with Gasteiger partial charge in [-0.25, -0.2) is 0 Å². The van der Waals surface area contributed by atoms with E-state index in [2.05, 4.69) is 11.8 Å². The van der Waals surface area contributed by atoms with Gasteiger partial charge in [-0.15, -0.1) is 12.4 Å². The van der Waals surface area contributed by atoms with Gasteiger partial charge in [0.05, 0.1) is 0 Å². The smallest absolute Gasteiger partial charge is 0.0424 e. The van der Waals surface area contributed by atoms with Crippen molar-refractivity contribution in [3.05, 3.63) is 33.8 Å².